The number of nitrogens with one attached hydrogen (secondary N) is 2. The summed E-state index contributed by atoms with van der Waals surface area (Å²) >= 11 is 0. The van der Waals surface area contributed by atoms with Gasteiger partial charge in [0.25, 0.3) is 0 Å². The molecule has 2 atom stereocenters. The van der Waals surface area contributed by atoms with Crippen molar-refractivity contribution in [2.75, 3.05) is 6.54 Å². The van der Waals surface area contributed by atoms with Crippen LogP contribution in [0.1, 0.15) is 52.9 Å². The predicted molar refractivity (Wildman–Crippen MR) is 78.5 cm³/mol. The van der Waals surface area contributed by atoms with Gasteiger partial charge in [-0.25, -0.2) is 4.79 Å². The first-order chi connectivity index (χ1) is 9.40. The van der Waals surface area contributed by atoms with Crippen molar-refractivity contribution in [3.8, 4) is 0 Å². The monoisotopic (exact) mass is 284 g/mol. The summed E-state index contributed by atoms with van der Waals surface area (Å²) in [6.07, 6.45) is 6.13. The summed E-state index contributed by atoms with van der Waals surface area (Å²) < 4.78 is 0. The lowest BCUT2D eigenvalue weighted by Crippen LogP contribution is -2.45. The van der Waals surface area contributed by atoms with Crippen LogP contribution < -0.4 is 10.6 Å². The molecule has 5 nitrogen and oxygen atoms in total. The number of hydrogen-bond donors (Lipinski definition) is 3. The van der Waals surface area contributed by atoms with E-state index in [1.807, 2.05) is 0 Å². The summed E-state index contributed by atoms with van der Waals surface area (Å²) in [5.41, 5.74) is 0. The molecular weight excluding hydrogens is 256 g/mol. The average Bonchev–Trinajstić information content (AvgIpc) is 2.39. The Hall–Kier alpha value is -1.26. The minimum Gasteiger partial charge on any atom is -0.481 e. The number of carboxylic acids is 1. The molecule has 5 heteroatoms. The lowest BCUT2D eigenvalue weighted by molar-refractivity contribution is -0.141. The van der Waals surface area contributed by atoms with Crippen molar-refractivity contribution in [3.05, 3.63) is 0 Å². The highest BCUT2D eigenvalue weighted by Crippen LogP contribution is 2.29. The molecule has 0 aromatic rings. The zero-order valence-electron chi connectivity index (χ0n) is 12.8. The van der Waals surface area contributed by atoms with E-state index in [0.29, 0.717) is 6.54 Å². The fourth-order valence-corrected chi connectivity index (χ4v) is 2.60. The molecule has 1 aliphatic carbocycles. The van der Waals surface area contributed by atoms with Crippen molar-refractivity contribution in [3.63, 3.8) is 0 Å². The minimum atomic E-state index is -0.894. The third kappa shape index (κ3) is 5.80. The summed E-state index contributed by atoms with van der Waals surface area (Å²) in [6, 6.07) is -0.641. The summed E-state index contributed by atoms with van der Waals surface area (Å²) in [5, 5.41) is 14.4. The second kappa shape index (κ2) is 8.12. The Bertz CT molecular complexity index is 325. The van der Waals surface area contributed by atoms with Crippen LogP contribution in [0.5, 0.6) is 0 Å². The van der Waals surface area contributed by atoms with E-state index in [2.05, 4.69) is 17.6 Å². The van der Waals surface area contributed by atoms with E-state index < -0.39 is 11.9 Å². The van der Waals surface area contributed by atoms with Crippen LogP contribution in [0.15, 0.2) is 0 Å². The lowest BCUT2D eigenvalue weighted by atomic mass is 9.81. The minimum absolute atomic E-state index is 0.269. The molecule has 0 heterocycles. The molecule has 2 unspecified atom stereocenters. The Labute approximate surface area is 121 Å². The molecule has 0 radical (unpaired) electrons. The molecule has 0 aromatic heterocycles. The van der Waals surface area contributed by atoms with Gasteiger partial charge in [-0.1, -0.05) is 32.6 Å². The van der Waals surface area contributed by atoms with E-state index in [4.69, 9.17) is 5.11 Å². The van der Waals surface area contributed by atoms with Crippen molar-refractivity contribution in [1.82, 2.24) is 10.6 Å². The molecule has 2 amide bonds. The van der Waals surface area contributed by atoms with Crippen LogP contribution in [0.2, 0.25) is 0 Å². The van der Waals surface area contributed by atoms with E-state index in [1.165, 1.54) is 25.7 Å². The van der Waals surface area contributed by atoms with E-state index >= 15 is 0 Å². The summed E-state index contributed by atoms with van der Waals surface area (Å²) in [7, 11) is 0. The quantitative estimate of drug-likeness (QED) is 0.701. The van der Waals surface area contributed by atoms with Crippen LogP contribution in [0.4, 0.5) is 4.79 Å². The number of carbonyl (C=O) groups is 2. The van der Waals surface area contributed by atoms with Crippen LogP contribution in [-0.4, -0.2) is 29.7 Å². The van der Waals surface area contributed by atoms with Gasteiger partial charge in [-0.05, 0) is 32.1 Å². The van der Waals surface area contributed by atoms with Gasteiger partial charge in [0, 0.05) is 12.6 Å². The van der Waals surface area contributed by atoms with Crippen LogP contribution >= 0.6 is 0 Å². The van der Waals surface area contributed by atoms with Gasteiger partial charge >= 0.3 is 12.0 Å². The van der Waals surface area contributed by atoms with Crippen LogP contribution in [0.25, 0.3) is 0 Å². The molecule has 0 bridgehead atoms. The van der Waals surface area contributed by atoms with Crippen molar-refractivity contribution in [2.24, 2.45) is 17.8 Å². The first-order valence-electron chi connectivity index (χ1n) is 7.67. The highest BCUT2D eigenvalue weighted by Gasteiger charge is 2.21. The predicted octanol–water partition coefficient (Wildman–Crippen LogP) is 2.61. The first-order valence-corrected chi connectivity index (χ1v) is 7.67. The smallest absolute Gasteiger partial charge is 0.315 e. The molecule has 3 N–H and O–H groups in total. The third-order valence-corrected chi connectivity index (χ3v) is 4.47. The van der Waals surface area contributed by atoms with Crippen molar-refractivity contribution in [2.45, 2.75) is 58.9 Å². The highest BCUT2D eigenvalue weighted by atomic mass is 16.4. The Morgan fingerprint density at radius 3 is 2.35 bits per heavy atom. The molecule has 1 aliphatic rings. The van der Waals surface area contributed by atoms with Crippen LogP contribution in [-0.2, 0) is 4.79 Å². The van der Waals surface area contributed by atoms with Gasteiger partial charge in [0.15, 0.2) is 0 Å². The molecule has 1 saturated carbocycles. The first kappa shape index (κ1) is 16.8. The number of carboxylic acid groups (broad SMARTS) is 1. The van der Waals surface area contributed by atoms with Crippen LogP contribution in [0, 0.1) is 17.8 Å². The molecule has 0 aromatic carbocycles. The van der Waals surface area contributed by atoms with Gasteiger partial charge in [0.1, 0.15) is 0 Å². The van der Waals surface area contributed by atoms with E-state index in [0.717, 1.165) is 18.3 Å². The Kier molecular flexibility index (Phi) is 6.82. The largest absolute Gasteiger partial charge is 0.481 e. The number of amides is 2. The second-order valence-corrected chi connectivity index (χ2v) is 6.23. The van der Waals surface area contributed by atoms with Gasteiger partial charge in [-0.3, -0.25) is 4.79 Å². The molecular formula is C15H28N2O3. The Balaban J connectivity index is 2.15. The van der Waals surface area contributed by atoms with Crippen molar-refractivity contribution in [1.29, 1.82) is 0 Å². The standard InChI is InChI=1S/C15H28N2O3/c1-10-4-6-13(7-5-10)8-9-16-15(20)17-12(3)11(2)14(18)19/h10-13H,4-9H2,1-3H3,(H,18,19)(H2,16,17,20). The second-order valence-electron chi connectivity index (χ2n) is 6.23. The van der Waals surface area contributed by atoms with Gasteiger partial charge in [0.2, 0.25) is 0 Å². The summed E-state index contributed by atoms with van der Waals surface area (Å²) in [5.74, 6) is 0.0948. The van der Waals surface area contributed by atoms with E-state index in [-0.39, 0.29) is 12.1 Å². The topological polar surface area (TPSA) is 78.4 Å². The van der Waals surface area contributed by atoms with Gasteiger partial charge in [-0.15, -0.1) is 0 Å². The van der Waals surface area contributed by atoms with E-state index in [9.17, 15) is 9.59 Å². The zero-order chi connectivity index (χ0) is 15.1. The van der Waals surface area contributed by atoms with Crippen LogP contribution in [0.3, 0.4) is 0 Å². The van der Waals surface area contributed by atoms with Gasteiger partial charge in [0.05, 0.1) is 5.92 Å². The zero-order valence-corrected chi connectivity index (χ0v) is 12.8. The Morgan fingerprint density at radius 1 is 1.20 bits per heavy atom. The number of rotatable bonds is 6. The maximum Gasteiger partial charge on any atom is 0.315 e. The number of hydrogen-bond acceptors (Lipinski definition) is 2. The summed E-state index contributed by atoms with van der Waals surface area (Å²) in [6.45, 7) is 6.27. The molecule has 116 valence electrons. The highest BCUT2D eigenvalue weighted by molar-refractivity contribution is 5.76. The molecule has 0 spiro atoms. The third-order valence-electron chi connectivity index (χ3n) is 4.47. The van der Waals surface area contributed by atoms with Crippen molar-refractivity contribution < 1.29 is 14.7 Å². The number of carbonyl (C=O) groups excluding carboxylic acids is 1. The average molecular weight is 284 g/mol. The normalized spacial score (nSPS) is 25.6. The molecule has 1 rings (SSSR count). The lowest BCUT2D eigenvalue weighted by Gasteiger charge is -2.26. The maximum atomic E-state index is 11.7. The van der Waals surface area contributed by atoms with Gasteiger partial charge in [-0.2, -0.15) is 0 Å². The molecule has 0 saturated heterocycles. The SMILES string of the molecule is CC1CCC(CCNC(=O)NC(C)C(C)C(=O)O)CC1. The summed E-state index contributed by atoms with van der Waals surface area (Å²) in [4.78, 5) is 22.5. The number of aliphatic carboxylic acids is 1. The Morgan fingerprint density at radius 2 is 1.80 bits per heavy atom. The molecule has 0 aliphatic heterocycles. The number of urea groups is 1. The van der Waals surface area contributed by atoms with Gasteiger partial charge < -0.3 is 15.7 Å². The van der Waals surface area contributed by atoms with E-state index in [1.54, 1.807) is 13.8 Å². The maximum absolute atomic E-state index is 11.7. The van der Waals surface area contributed by atoms with Crippen molar-refractivity contribution >= 4 is 12.0 Å². The molecule has 20 heavy (non-hydrogen) atoms. The molecule has 1 fully saturated rings. The fourth-order valence-electron chi connectivity index (χ4n) is 2.60. The fraction of sp³-hybridized carbons (Fsp3) is 0.867.